The molecule has 0 heterocycles. The molecule has 0 aromatic heterocycles. The third-order valence-electron chi connectivity index (χ3n) is 5.44. The Bertz CT molecular complexity index is 749. The fraction of sp³-hybridized carbons (Fsp3) is 0.250. The van der Waals surface area contributed by atoms with Gasteiger partial charge in [-0.15, -0.1) is 0 Å². The lowest BCUT2D eigenvalue weighted by molar-refractivity contribution is 0.0600. The Kier molecular flexibility index (Phi) is 5.30. The molecule has 126 valence electrons. The van der Waals surface area contributed by atoms with Gasteiger partial charge in [-0.1, -0.05) is 85.6 Å². The first kappa shape index (κ1) is 18.4. The second kappa shape index (κ2) is 6.91. The lowest BCUT2D eigenvalue weighted by atomic mass is 10.1. The van der Waals surface area contributed by atoms with Crippen molar-refractivity contribution in [3.05, 3.63) is 72.3 Å². The van der Waals surface area contributed by atoms with E-state index in [0.717, 1.165) is 5.56 Å². The molecular formula is C20H26O2Si2. The van der Waals surface area contributed by atoms with Crippen LogP contribution < -0.4 is 5.19 Å². The van der Waals surface area contributed by atoms with E-state index in [2.05, 4.69) is 69.2 Å². The number of benzene rings is 2. The third kappa shape index (κ3) is 3.30. The van der Waals surface area contributed by atoms with Crippen LogP contribution in [0.3, 0.4) is 0 Å². The van der Waals surface area contributed by atoms with Crippen molar-refractivity contribution in [3.63, 3.8) is 0 Å². The molecule has 0 atom stereocenters. The highest BCUT2D eigenvalue weighted by molar-refractivity contribution is 7.51. The number of esters is 1. The summed E-state index contributed by atoms with van der Waals surface area (Å²) in [5.74, 6) is -0.302. The Labute approximate surface area is 147 Å². The predicted octanol–water partition coefficient (Wildman–Crippen LogP) is 4.43. The van der Waals surface area contributed by atoms with Crippen molar-refractivity contribution < 1.29 is 9.53 Å². The van der Waals surface area contributed by atoms with Gasteiger partial charge in [-0.05, 0) is 17.7 Å². The molecule has 2 nitrogen and oxygen atoms in total. The lowest BCUT2D eigenvalue weighted by Gasteiger charge is -2.40. The van der Waals surface area contributed by atoms with Crippen molar-refractivity contribution in [3.8, 4) is 0 Å². The summed E-state index contributed by atoms with van der Waals surface area (Å²) in [4.78, 5) is 11.8. The number of ether oxygens (including phenoxy) is 1. The molecule has 4 heteroatoms. The summed E-state index contributed by atoms with van der Waals surface area (Å²) >= 11 is 0. The summed E-state index contributed by atoms with van der Waals surface area (Å²) in [6.45, 7) is 14.1. The van der Waals surface area contributed by atoms with Gasteiger partial charge in [-0.2, -0.15) is 0 Å². The Hall–Kier alpha value is -1.92. The average molecular weight is 355 g/mol. The molecule has 0 unspecified atom stereocenters. The van der Waals surface area contributed by atoms with Crippen LogP contribution in [0.1, 0.15) is 15.9 Å². The van der Waals surface area contributed by atoms with Crippen LogP contribution in [0.5, 0.6) is 0 Å². The average Bonchev–Trinajstić information content (AvgIpc) is 2.61. The summed E-state index contributed by atoms with van der Waals surface area (Å²) in [6.07, 6.45) is 0. The molecule has 0 bridgehead atoms. The molecule has 0 fully saturated rings. The molecule has 0 saturated carbocycles. The topological polar surface area (TPSA) is 26.3 Å². The fourth-order valence-corrected chi connectivity index (χ4v) is 11.6. The Morgan fingerprint density at radius 1 is 0.917 bits per heavy atom. The smallest absolute Gasteiger partial charge is 0.337 e. The van der Waals surface area contributed by atoms with Crippen LogP contribution >= 0.6 is 0 Å². The predicted molar refractivity (Wildman–Crippen MR) is 108 cm³/mol. The number of hydrogen-bond acceptors (Lipinski definition) is 2. The van der Waals surface area contributed by atoms with Gasteiger partial charge in [0.2, 0.25) is 0 Å². The standard InChI is InChI=1S/C20H26O2Si2/c1-16(17-11-10-12-18(15-17)20(21)22-2)23(3,4)24(5,6)19-13-8-7-9-14-19/h7-15H,1H2,2-6H3. The minimum absolute atomic E-state index is 0.302. The molecule has 0 aliphatic rings. The molecule has 0 amide bonds. The molecule has 0 aliphatic carbocycles. The molecule has 2 rings (SSSR count). The summed E-state index contributed by atoms with van der Waals surface area (Å²) in [5, 5.41) is 2.67. The number of carbonyl (C=O) groups is 1. The highest BCUT2D eigenvalue weighted by atomic mass is 29.3. The van der Waals surface area contributed by atoms with Crippen molar-refractivity contribution in [2.45, 2.75) is 26.2 Å². The molecule has 24 heavy (non-hydrogen) atoms. The number of carbonyl (C=O) groups excluding carboxylic acids is 1. The van der Waals surface area contributed by atoms with E-state index in [9.17, 15) is 4.79 Å². The second-order valence-electron chi connectivity index (χ2n) is 7.17. The van der Waals surface area contributed by atoms with Crippen molar-refractivity contribution in [1.82, 2.24) is 0 Å². The van der Waals surface area contributed by atoms with Crippen molar-refractivity contribution in [1.29, 1.82) is 0 Å². The zero-order valence-corrected chi connectivity index (χ0v) is 17.2. The summed E-state index contributed by atoms with van der Waals surface area (Å²) in [6, 6.07) is 18.5. The van der Waals surface area contributed by atoms with Crippen LogP contribution in [0, 0.1) is 0 Å². The summed E-state index contributed by atoms with van der Waals surface area (Å²) < 4.78 is 4.84. The van der Waals surface area contributed by atoms with E-state index in [0.29, 0.717) is 5.56 Å². The highest BCUT2D eigenvalue weighted by Gasteiger charge is 2.44. The molecular weight excluding hydrogens is 328 g/mol. The number of hydrogen-bond donors (Lipinski definition) is 0. The molecule has 0 N–H and O–H groups in total. The van der Waals surface area contributed by atoms with E-state index in [1.54, 1.807) is 6.07 Å². The quantitative estimate of drug-likeness (QED) is 0.586. The van der Waals surface area contributed by atoms with Crippen molar-refractivity contribution in [2.24, 2.45) is 0 Å². The molecule has 0 saturated heterocycles. The van der Waals surface area contributed by atoms with E-state index in [-0.39, 0.29) is 5.97 Å². The largest absolute Gasteiger partial charge is 0.465 e. The van der Waals surface area contributed by atoms with Crippen molar-refractivity contribution in [2.75, 3.05) is 7.11 Å². The maximum absolute atomic E-state index is 11.8. The van der Waals surface area contributed by atoms with Gasteiger partial charge in [-0.3, -0.25) is 0 Å². The van der Waals surface area contributed by atoms with Gasteiger partial charge in [-0.25, -0.2) is 4.79 Å². The second-order valence-corrected chi connectivity index (χ2v) is 22.3. The number of methoxy groups -OCH3 is 1. The molecule has 0 aliphatic heterocycles. The van der Waals surface area contributed by atoms with Gasteiger partial charge < -0.3 is 4.74 Å². The Morgan fingerprint density at radius 2 is 1.50 bits per heavy atom. The number of rotatable bonds is 5. The van der Waals surface area contributed by atoms with Crippen LogP contribution in [0.4, 0.5) is 0 Å². The fourth-order valence-electron chi connectivity index (χ4n) is 2.91. The maximum Gasteiger partial charge on any atom is 0.337 e. The Morgan fingerprint density at radius 3 is 2.08 bits per heavy atom. The Balaban J connectivity index is 2.42. The highest BCUT2D eigenvalue weighted by Crippen LogP contribution is 2.32. The van der Waals surface area contributed by atoms with E-state index in [4.69, 9.17) is 4.74 Å². The van der Waals surface area contributed by atoms with Crippen LogP contribution in [0.15, 0.2) is 61.2 Å². The maximum atomic E-state index is 11.8. The molecule has 2 aromatic rings. The van der Waals surface area contributed by atoms with Gasteiger partial charge >= 0.3 is 5.97 Å². The zero-order valence-electron chi connectivity index (χ0n) is 15.2. The summed E-state index contributed by atoms with van der Waals surface area (Å²) in [5.41, 5.74) is 1.64. The van der Waals surface area contributed by atoms with Crippen LogP contribution in [0.2, 0.25) is 26.2 Å². The van der Waals surface area contributed by atoms with Gasteiger partial charge in [0.25, 0.3) is 0 Å². The van der Waals surface area contributed by atoms with Gasteiger partial charge in [0.05, 0.1) is 27.9 Å². The van der Waals surface area contributed by atoms with Crippen molar-refractivity contribution >= 4 is 31.5 Å². The third-order valence-corrected chi connectivity index (χ3v) is 23.3. The van der Waals surface area contributed by atoms with Crippen LogP contribution in [-0.4, -0.2) is 28.3 Å². The van der Waals surface area contributed by atoms with Gasteiger partial charge in [0.1, 0.15) is 0 Å². The van der Waals surface area contributed by atoms with E-state index < -0.39 is 15.2 Å². The molecule has 2 aromatic carbocycles. The van der Waals surface area contributed by atoms with E-state index >= 15 is 0 Å². The zero-order chi connectivity index (χ0) is 18.0. The van der Waals surface area contributed by atoms with E-state index in [1.165, 1.54) is 17.5 Å². The monoisotopic (exact) mass is 354 g/mol. The first-order valence-electron chi connectivity index (χ1n) is 8.15. The van der Waals surface area contributed by atoms with Crippen LogP contribution in [0.25, 0.3) is 5.20 Å². The normalized spacial score (nSPS) is 11.9. The lowest BCUT2D eigenvalue weighted by Crippen LogP contribution is -2.63. The minimum Gasteiger partial charge on any atom is -0.465 e. The summed E-state index contributed by atoms with van der Waals surface area (Å²) in [7, 11) is -2.06. The first-order chi connectivity index (χ1) is 11.2. The molecule has 0 radical (unpaired) electrons. The van der Waals surface area contributed by atoms with Gasteiger partial charge in [0.15, 0.2) is 0 Å². The van der Waals surface area contributed by atoms with E-state index in [1.807, 2.05) is 12.1 Å². The minimum atomic E-state index is -1.79. The van der Waals surface area contributed by atoms with Gasteiger partial charge in [0, 0.05) is 0 Å². The van der Waals surface area contributed by atoms with Crippen LogP contribution in [-0.2, 0) is 4.74 Å². The molecule has 0 spiro atoms. The SMILES string of the molecule is C=C(c1cccc(C(=O)OC)c1)[Si](C)(C)[Si](C)(C)c1ccccc1. The first-order valence-corrected chi connectivity index (χ1v) is 15.2.